The van der Waals surface area contributed by atoms with Crippen LogP contribution in [0.5, 0.6) is 0 Å². The van der Waals surface area contributed by atoms with Gasteiger partial charge in [0.1, 0.15) is 0 Å². The molecule has 0 spiro atoms. The molecule has 2 N–H and O–H groups in total. The van der Waals surface area contributed by atoms with Crippen molar-refractivity contribution in [1.82, 2.24) is 5.32 Å². The number of rotatable bonds is 4. The SMILES string of the molecule is OCC(COF)C1CCNCC1. The zero-order valence-corrected chi connectivity index (χ0v) is 7.13. The highest BCUT2D eigenvalue weighted by atomic mass is 19.3. The average molecular weight is 177 g/mol. The monoisotopic (exact) mass is 177 g/mol. The fraction of sp³-hybridized carbons (Fsp3) is 1.00. The van der Waals surface area contributed by atoms with Gasteiger partial charge in [-0.1, -0.05) is 0 Å². The van der Waals surface area contributed by atoms with E-state index in [1.807, 2.05) is 0 Å². The Labute approximate surface area is 71.8 Å². The predicted molar refractivity (Wildman–Crippen MR) is 43.2 cm³/mol. The minimum Gasteiger partial charge on any atom is -0.396 e. The van der Waals surface area contributed by atoms with Gasteiger partial charge in [-0.05, 0) is 36.4 Å². The first-order valence-corrected chi connectivity index (χ1v) is 4.43. The van der Waals surface area contributed by atoms with E-state index in [0.717, 1.165) is 25.9 Å². The standard InChI is InChI=1S/C8H16FNO2/c9-12-6-8(5-11)7-1-3-10-4-2-7/h7-8,10-11H,1-6H2. The predicted octanol–water partition coefficient (Wildman–Crippen LogP) is 0.496. The lowest BCUT2D eigenvalue weighted by Gasteiger charge is -2.28. The maximum Gasteiger partial charge on any atom is 0.0928 e. The number of hydrogen-bond acceptors (Lipinski definition) is 3. The topological polar surface area (TPSA) is 41.5 Å². The highest BCUT2D eigenvalue weighted by Gasteiger charge is 2.23. The van der Waals surface area contributed by atoms with E-state index in [2.05, 4.69) is 10.3 Å². The van der Waals surface area contributed by atoms with Crippen molar-refractivity contribution in [3.05, 3.63) is 0 Å². The number of halogens is 1. The summed E-state index contributed by atoms with van der Waals surface area (Å²) in [5.41, 5.74) is 0. The van der Waals surface area contributed by atoms with Gasteiger partial charge < -0.3 is 10.4 Å². The normalized spacial score (nSPS) is 22.5. The van der Waals surface area contributed by atoms with Crippen molar-refractivity contribution in [2.75, 3.05) is 26.3 Å². The molecule has 0 aromatic rings. The van der Waals surface area contributed by atoms with Crippen LogP contribution in [0.2, 0.25) is 0 Å². The molecule has 0 amide bonds. The van der Waals surface area contributed by atoms with Crippen LogP contribution in [0.25, 0.3) is 0 Å². The largest absolute Gasteiger partial charge is 0.396 e. The first-order valence-electron chi connectivity index (χ1n) is 4.43. The van der Waals surface area contributed by atoms with Crippen LogP contribution in [0, 0.1) is 11.8 Å². The van der Waals surface area contributed by atoms with E-state index in [9.17, 15) is 4.53 Å². The van der Waals surface area contributed by atoms with Crippen LogP contribution in [-0.2, 0) is 4.94 Å². The molecule has 0 aromatic carbocycles. The van der Waals surface area contributed by atoms with Gasteiger partial charge in [-0.3, -0.25) is 0 Å². The Morgan fingerprint density at radius 1 is 1.50 bits per heavy atom. The van der Waals surface area contributed by atoms with E-state index in [4.69, 9.17) is 5.11 Å². The summed E-state index contributed by atoms with van der Waals surface area (Å²) in [6.45, 7) is 1.98. The lowest BCUT2D eigenvalue weighted by Crippen LogP contribution is -2.34. The summed E-state index contributed by atoms with van der Waals surface area (Å²) in [5.74, 6) is 0.379. The van der Waals surface area contributed by atoms with E-state index in [-0.39, 0.29) is 19.1 Å². The molecule has 0 saturated carbocycles. The van der Waals surface area contributed by atoms with Crippen molar-refractivity contribution >= 4 is 0 Å². The van der Waals surface area contributed by atoms with Crippen LogP contribution < -0.4 is 5.32 Å². The summed E-state index contributed by atoms with van der Waals surface area (Å²) >= 11 is 0. The van der Waals surface area contributed by atoms with Crippen molar-refractivity contribution in [1.29, 1.82) is 0 Å². The zero-order valence-electron chi connectivity index (χ0n) is 7.13. The number of piperidine rings is 1. The second-order valence-corrected chi connectivity index (χ2v) is 3.31. The van der Waals surface area contributed by atoms with Gasteiger partial charge in [-0.15, -0.1) is 0 Å². The Morgan fingerprint density at radius 3 is 2.67 bits per heavy atom. The van der Waals surface area contributed by atoms with Gasteiger partial charge in [0.15, 0.2) is 0 Å². The smallest absolute Gasteiger partial charge is 0.0928 e. The van der Waals surface area contributed by atoms with Crippen LogP contribution in [0.3, 0.4) is 0 Å². The summed E-state index contributed by atoms with van der Waals surface area (Å²) < 4.78 is 11.6. The molecule has 1 rings (SSSR count). The maximum atomic E-state index is 11.6. The quantitative estimate of drug-likeness (QED) is 0.657. The molecule has 1 heterocycles. The first kappa shape index (κ1) is 9.89. The molecule has 1 aliphatic heterocycles. The fourth-order valence-electron chi connectivity index (χ4n) is 1.73. The molecule has 72 valence electrons. The molecular weight excluding hydrogens is 161 g/mol. The van der Waals surface area contributed by atoms with Gasteiger partial charge in [0.25, 0.3) is 0 Å². The molecular formula is C8H16FNO2. The molecule has 0 bridgehead atoms. The van der Waals surface area contributed by atoms with E-state index in [0.29, 0.717) is 5.92 Å². The van der Waals surface area contributed by atoms with Gasteiger partial charge in [0, 0.05) is 12.5 Å². The Kier molecular flexibility index (Phi) is 4.50. The lowest BCUT2D eigenvalue weighted by atomic mass is 9.86. The average Bonchev–Trinajstić information content (AvgIpc) is 2.15. The molecule has 3 nitrogen and oxygen atoms in total. The van der Waals surface area contributed by atoms with Gasteiger partial charge in [0.05, 0.1) is 6.61 Å². The molecule has 1 saturated heterocycles. The molecule has 1 aliphatic rings. The summed E-state index contributed by atoms with van der Waals surface area (Å²) in [5, 5.41) is 12.2. The molecule has 0 aromatic heterocycles. The van der Waals surface area contributed by atoms with Crippen LogP contribution in [0.4, 0.5) is 4.53 Å². The van der Waals surface area contributed by atoms with Crippen molar-refractivity contribution in [2.45, 2.75) is 12.8 Å². The third kappa shape index (κ3) is 2.69. The summed E-state index contributed by atoms with van der Waals surface area (Å²) in [6, 6.07) is 0. The van der Waals surface area contributed by atoms with Gasteiger partial charge >= 0.3 is 0 Å². The van der Waals surface area contributed by atoms with Gasteiger partial charge in [0.2, 0.25) is 0 Å². The Bertz CT molecular complexity index is 115. The van der Waals surface area contributed by atoms with E-state index < -0.39 is 0 Å². The number of nitrogens with one attached hydrogen (secondary N) is 1. The molecule has 0 radical (unpaired) electrons. The Morgan fingerprint density at radius 2 is 2.17 bits per heavy atom. The lowest BCUT2D eigenvalue weighted by molar-refractivity contribution is -0.155. The molecule has 1 unspecified atom stereocenters. The van der Waals surface area contributed by atoms with Crippen molar-refractivity contribution < 1.29 is 14.6 Å². The first-order chi connectivity index (χ1) is 5.88. The summed E-state index contributed by atoms with van der Waals surface area (Å²) in [4.78, 5) is 3.57. The zero-order chi connectivity index (χ0) is 8.81. The Balaban J connectivity index is 2.29. The fourth-order valence-corrected chi connectivity index (χ4v) is 1.73. The highest BCUT2D eigenvalue weighted by Crippen LogP contribution is 2.21. The number of aliphatic hydroxyl groups excluding tert-OH is 1. The molecule has 1 atom stereocenters. The molecule has 1 fully saturated rings. The third-order valence-electron chi connectivity index (χ3n) is 2.56. The van der Waals surface area contributed by atoms with E-state index in [1.165, 1.54) is 0 Å². The minimum atomic E-state index is -0.0305. The van der Waals surface area contributed by atoms with Gasteiger partial charge in [-0.25, -0.2) is 0 Å². The highest BCUT2D eigenvalue weighted by molar-refractivity contribution is 4.74. The number of aliphatic hydroxyl groups is 1. The van der Waals surface area contributed by atoms with Crippen LogP contribution >= 0.6 is 0 Å². The van der Waals surface area contributed by atoms with Gasteiger partial charge in [-0.2, -0.15) is 4.94 Å². The number of hydrogen-bond donors (Lipinski definition) is 2. The Hall–Kier alpha value is -0.190. The van der Waals surface area contributed by atoms with Crippen molar-refractivity contribution in [3.63, 3.8) is 0 Å². The minimum absolute atomic E-state index is 0.0224. The third-order valence-corrected chi connectivity index (χ3v) is 2.56. The summed E-state index contributed by atoms with van der Waals surface area (Å²) in [6.07, 6.45) is 2.02. The van der Waals surface area contributed by atoms with E-state index >= 15 is 0 Å². The van der Waals surface area contributed by atoms with Crippen LogP contribution in [0.1, 0.15) is 12.8 Å². The molecule has 12 heavy (non-hydrogen) atoms. The van der Waals surface area contributed by atoms with Crippen molar-refractivity contribution in [3.8, 4) is 0 Å². The van der Waals surface area contributed by atoms with Crippen LogP contribution in [-0.4, -0.2) is 31.4 Å². The second-order valence-electron chi connectivity index (χ2n) is 3.31. The molecule has 0 aliphatic carbocycles. The van der Waals surface area contributed by atoms with Crippen molar-refractivity contribution in [2.24, 2.45) is 11.8 Å². The van der Waals surface area contributed by atoms with E-state index in [1.54, 1.807) is 0 Å². The van der Waals surface area contributed by atoms with Crippen LogP contribution in [0.15, 0.2) is 0 Å². The summed E-state index contributed by atoms with van der Waals surface area (Å²) in [7, 11) is 0. The second kappa shape index (κ2) is 5.45. The molecule has 4 heteroatoms. The maximum absolute atomic E-state index is 11.6.